The fraction of sp³-hybridized carbons (Fsp3) is 0.208. The monoisotopic (exact) mass is 373 g/mol. The van der Waals surface area contributed by atoms with Crippen LogP contribution in [0.2, 0.25) is 0 Å². The zero-order valence-corrected chi connectivity index (χ0v) is 16.4. The molecule has 0 aliphatic carbocycles. The van der Waals surface area contributed by atoms with Crippen LogP contribution >= 0.6 is 0 Å². The minimum absolute atomic E-state index is 0.137. The van der Waals surface area contributed by atoms with Gasteiger partial charge in [0.15, 0.2) is 0 Å². The maximum Gasteiger partial charge on any atom is 0.252 e. The molecule has 1 amide bonds. The molecule has 3 N–H and O–H groups in total. The fourth-order valence-corrected chi connectivity index (χ4v) is 4.28. The predicted molar refractivity (Wildman–Crippen MR) is 109 cm³/mol. The number of amides is 1. The van der Waals surface area contributed by atoms with Crippen molar-refractivity contribution in [2.45, 2.75) is 33.2 Å². The second-order valence-corrected chi connectivity index (χ2v) is 7.67. The van der Waals surface area contributed by atoms with E-state index in [-0.39, 0.29) is 17.4 Å². The number of aryl methyl sites for hydroxylation is 4. The van der Waals surface area contributed by atoms with E-state index in [2.05, 4.69) is 5.32 Å². The van der Waals surface area contributed by atoms with Crippen LogP contribution in [0.1, 0.15) is 49.3 Å². The molecule has 1 heterocycles. The maximum absolute atomic E-state index is 12.9. The van der Waals surface area contributed by atoms with E-state index in [1.54, 1.807) is 0 Å². The first-order valence-corrected chi connectivity index (χ1v) is 9.29. The Hall–Kier alpha value is -3.27. The number of rotatable bonds is 2. The van der Waals surface area contributed by atoms with Crippen LogP contribution in [0.4, 0.5) is 0 Å². The quantitative estimate of drug-likeness (QED) is 0.625. The minimum Gasteiger partial charge on any atom is -0.507 e. The molecule has 3 aromatic carbocycles. The second kappa shape index (κ2) is 6.13. The molecule has 0 fully saturated rings. The van der Waals surface area contributed by atoms with Gasteiger partial charge in [-0.05, 0) is 97.0 Å². The van der Waals surface area contributed by atoms with Crippen molar-refractivity contribution in [1.29, 1.82) is 0 Å². The first-order valence-electron chi connectivity index (χ1n) is 9.29. The molecule has 0 saturated carbocycles. The minimum atomic E-state index is -0.889. The van der Waals surface area contributed by atoms with E-state index in [0.29, 0.717) is 5.56 Å². The van der Waals surface area contributed by atoms with Gasteiger partial charge in [-0.3, -0.25) is 4.79 Å². The van der Waals surface area contributed by atoms with Crippen molar-refractivity contribution in [3.63, 3.8) is 0 Å². The lowest BCUT2D eigenvalue weighted by Gasteiger charge is -2.33. The highest BCUT2D eigenvalue weighted by Crippen LogP contribution is 2.45. The van der Waals surface area contributed by atoms with Crippen molar-refractivity contribution in [2.75, 3.05) is 0 Å². The Morgan fingerprint density at radius 2 is 1.18 bits per heavy atom. The molecule has 28 heavy (non-hydrogen) atoms. The molecule has 0 spiro atoms. The van der Waals surface area contributed by atoms with Crippen LogP contribution < -0.4 is 5.32 Å². The zero-order chi connectivity index (χ0) is 20.2. The molecule has 4 heteroatoms. The highest BCUT2D eigenvalue weighted by molar-refractivity contribution is 6.01. The van der Waals surface area contributed by atoms with Crippen LogP contribution in [0.3, 0.4) is 0 Å². The van der Waals surface area contributed by atoms with Gasteiger partial charge in [0.2, 0.25) is 0 Å². The lowest BCUT2D eigenvalue weighted by atomic mass is 9.76. The Bertz CT molecular complexity index is 1030. The van der Waals surface area contributed by atoms with Gasteiger partial charge in [-0.25, -0.2) is 0 Å². The summed E-state index contributed by atoms with van der Waals surface area (Å²) < 4.78 is 0. The number of nitrogens with one attached hydrogen (secondary N) is 1. The predicted octanol–water partition coefficient (Wildman–Crippen LogP) is 4.37. The van der Waals surface area contributed by atoms with Crippen LogP contribution in [-0.2, 0) is 5.54 Å². The Kier molecular flexibility index (Phi) is 3.96. The number of hydrogen-bond donors (Lipinski definition) is 3. The molecule has 0 unspecified atom stereocenters. The van der Waals surface area contributed by atoms with Gasteiger partial charge in [-0.1, -0.05) is 18.2 Å². The summed E-state index contributed by atoms with van der Waals surface area (Å²) in [5.41, 5.74) is 5.37. The van der Waals surface area contributed by atoms with Gasteiger partial charge in [-0.2, -0.15) is 0 Å². The number of phenolic OH excluding ortho intramolecular Hbond substituents is 2. The number of carbonyl (C=O) groups excluding carboxylic acids is 1. The molecule has 1 aliphatic rings. The first-order chi connectivity index (χ1) is 13.3. The molecule has 0 atom stereocenters. The summed E-state index contributed by atoms with van der Waals surface area (Å²) in [4.78, 5) is 12.9. The molecular weight excluding hydrogens is 350 g/mol. The van der Waals surface area contributed by atoms with E-state index in [1.165, 1.54) is 0 Å². The molecule has 3 aromatic rings. The molecule has 0 aromatic heterocycles. The molecule has 4 nitrogen and oxygen atoms in total. The Morgan fingerprint density at radius 3 is 1.64 bits per heavy atom. The summed E-state index contributed by atoms with van der Waals surface area (Å²) in [6.45, 7) is 7.43. The smallest absolute Gasteiger partial charge is 0.252 e. The van der Waals surface area contributed by atoms with Gasteiger partial charge in [0.05, 0.1) is 0 Å². The molecule has 1 aliphatic heterocycles. The SMILES string of the molecule is Cc1cc(C2(c3cc(C)c(O)c(C)c3)NC(=O)c3ccccc32)cc(C)c1O. The average Bonchev–Trinajstić information content (AvgIpc) is 2.97. The summed E-state index contributed by atoms with van der Waals surface area (Å²) in [5.74, 6) is 0.381. The number of aromatic hydroxyl groups is 2. The number of hydrogen-bond acceptors (Lipinski definition) is 3. The third-order valence-corrected chi connectivity index (χ3v) is 5.72. The van der Waals surface area contributed by atoms with Crippen molar-refractivity contribution < 1.29 is 15.0 Å². The van der Waals surface area contributed by atoms with E-state index < -0.39 is 5.54 Å². The lowest BCUT2D eigenvalue weighted by molar-refractivity contribution is 0.0948. The zero-order valence-electron chi connectivity index (χ0n) is 16.4. The van der Waals surface area contributed by atoms with Crippen molar-refractivity contribution in [2.24, 2.45) is 0 Å². The molecule has 4 rings (SSSR count). The van der Waals surface area contributed by atoms with Gasteiger partial charge in [0.25, 0.3) is 5.91 Å². The molecular formula is C24H23NO3. The average molecular weight is 373 g/mol. The van der Waals surface area contributed by atoms with Gasteiger partial charge in [0, 0.05) is 5.56 Å². The lowest BCUT2D eigenvalue weighted by Crippen LogP contribution is -2.41. The van der Waals surface area contributed by atoms with Gasteiger partial charge >= 0.3 is 0 Å². The summed E-state index contributed by atoms with van der Waals surface area (Å²) in [7, 11) is 0. The van der Waals surface area contributed by atoms with Crippen LogP contribution in [0, 0.1) is 27.7 Å². The fourth-order valence-electron chi connectivity index (χ4n) is 4.28. The topological polar surface area (TPSA) is 69.6 Å². The highest BCUT2D eigenvalue weighted by atomic mass is 16.3. The highest BCUT2D eigenvalue weighted by Gasteiger charge is 2.46. The normalized spacial score (nSPS) is 14.6. The number of carbonyl (C=O) groups is 1. The van der Waals surface area contributed by atoms with Gasteiger partial charge < -0.3 is 15.5 Å². The molecule has 0 saturated heterocycles. The third kappa shape index (κ3) is 2.41. The van der Waals surface area contributed by atoms with Crippen molar-refractivity contribution in [3.05, 3.63) is 93.0 Å². The standard InChI is InChI=1S/C24H23NO3/c1-13-9-17(10-14(2)21(13)26)24(18-11-15(3)22(27)16(4)12-18)20-8-6-5-7-19(20)23(28)25-24/h5-12,26-27H,1-4H3,(H,25,28). The molecule has 0 radical (unpaired) electrons. The van der Waals surface area contributed by atoms with Crippen LogP contribution in [0.15, 0.2) is 48.5 Å². The number of fused-ring (bicyclic) bond motifs is 1. The second-order valence-electron chi connectivity index (χ2n) is 7.67. The van der Waals surface area contributed by atoms with Crippen LogP contribution in [-0.4, -0.2) is 16.1 Å². The van der Waals surface area contributed by atoms with E-state index in [9.17, 15) is 15.0 Å². The number of phenols is 2. The largest absolute Gasteiger partial charge is 0.507 e. The summed E-state index contributed by atoms with van der Waals surface area (Å²) >= 11 is 0. The van der Waals surface area contributed by atoms with Gasteiger partial charge in [-0.15, -0.1) is 0 Å². The maximum atomic E-state index is 12.9. The van der Waals surface area contributed by atoms with E-state index in [0.717, 1.165) is 38.9 Å². The van der Waals surface area contributed by atoms with Crippen LogP contribution in [0.25, 0.3) is 0 Å². The number of benzene rings is 3. The molecule has 142 valence electrons. The first kappa shape index (κ1) is 18.1. The van der Waals surface area contributed by atoms with Crippen LogP contribution in [0.5, 0.6) is 11.5 Å². The summed E-state index contributed by atoms with van der Waals surface area (Å²) in [6.07, 6.45) is 0. The van der Waals surface area contributed by atoms with Gasteiger partial charge in [0.1, 0.15) is 17.0 Å². The van der Waals surface area contributed by atoms with Crippen molar-refractivity contribution >= 4 is 5.91 Å². The van der Waals surface area contributed by atoms with Crippen molar-refractivity contribution in [1.82, 2.24) is 5.32 Å². The Morgan fingerprint density at radius 1 is 0.750 bits per heavy atom. The van der Waals surface area contributed by atoms with E-state index in [4.69, 9.17) is 0 Å². The van der Waals surface area contributed by atoms with E-state index >= 15 is 0 Å². The Labute approximate surface area is 164 Å². The summed E-state index contributed by atoms with van der Waals surface area (Å²) in [6, 6.07) is 15.2. The van der Waals surface area contributed by atoms with Crippen molar-refractivity contribution in [3.8, 4) is 11.5 Å². The van der Waals surface area contributed by atoms with E-state index in [1.807, 2.05) is 76.2 Å². The third-order valence-electron chi connectivity index (χ3n) is 5.72. The summed E-state index contributed by atoms with van der Waals surface area (Å²) in [5, 5.41) is 23.8. The molecule has 0 bridgehead atoms. The Balaban J connectivity index is 2.12.